The van der Waals surface area contributed by atoms with E-state index < -0.39 is 24.1 Å². The van der Waals surface area contributed by atoms with Crippen LogP contribution in [0.25, 0.3) is 0 Å². The van der Waals surface area contributed by atoms with E-state index in [4.69, 9.17) is 19.5 Å². The molecule has 2 rings (SSSR count). The lowest BCUT2D eigenvalue weighted by atomic mass is 10.2. The van der Waals surface area contributed by atoms with Gasteiger partial charge in [0.15, 0.2) is 12.2 Å². The summed E-state index contributed by atoms with van der Waals surface area (Å²) >= 11 is 0. The molecule has 0 radical (unpaired) electrons. The highest BCUT2D eigenvalue weighted by Crippen LogP contribution is 2.17. The number of amides is 1. The maximum absolute atomic E-state index is 12.2. The Bertz CT molecular complexity index is 841. The third-order valence-corrected chi connectivity index (χ3v) is 3.72. The fraction of sp³-hybridized carbons (Fsp3) is 0.286. The Morgan fingerprint density at radius 1 is 1.00 bits per heavy atom. The van der Waals surface area contributed by atoms with Crippen molar-refractivity contribution >= 4 is 17.6 Å². The Kier molecular flexibility index (Phi) is 7.40. The molecular weight excluding hydrogens is 360 g/mol. The summed E-state index contributed by atoms with van der Waals surface area (Å²) in [5.74, 6) is 0.00507. The molecule has 0 heterocycles. The number of rotatable bonds is 8. The average molecular weight is 382 g/mol. The van der Waals surface area contributed by atoms with Gasteiger partial charge in [0, 0.05) is 5.69 Å². The Balaban J connectivity index is 1.85. The standard InChI is InChI=1S/C21H22N2O5/c1-4-26-18-11-7-17(8-12-18)23-20(24)14(2)28-21(25)15(3)27-19-9-5-16(13-22)6-10-19/h5-12,14-15H,4H2,1-3H3,(H,23,24)/t14-,15-/m1/s1. The van der Waals surface area contributed by atoms with Crippen LogP contribution < -0.4 is 14.8 Å². The third-order valence-electron chi connectivity index (χ3n) is 3.72. The van der Waals surface area contributed by atoms with Gasteiger partial charge in [-0.1, -0.05) is 0 Å². The number of ether oxygens (including phenoxy) is 3. The monoisotopic (exact) mass is 382 g/mol. The van der Waals surface area contributed by atoms with E-state index in [1.54, 1.807) is 48.5 Å². The van der Waals surface area contributed by atoms with Crippen molar-refractivity contribution in [3.8, 4) is 17.6 Å². The lowest BCUT2D eigenvalue weighted by Crippen LogP contribution is -2.35. The maximum Gasteiger partial charge on any atom is 0.347 e. The van der Waals surface area contributed by atoms with E-state index >= 15 is 0 Å². The molecule has 2 atom stereocenters. The number of hydrogen-bond donors (Lipinski definition) is 1. The second-order valence-electron chi connectivity index (χ2n) is 5.92. The van der Waals surface area contributed by atoms with Gasteiger partial charge in [0.1, 0.15) is 11.5 Å². The number of nitriles is 1. The highest BCUT2D eigenvalue weighted by molar-refractivity contribution is 5.95. The van der Waals surface area contributed by atoms with Crippen LogP contribution in [-0.4, -0.2) is 30.7 Å². The summed E-state index contributed by atoms with van der Waals surface area (Å²) in [4.78, 5) is 24.4. The number of carbonyl (C=O) groups is 2. The number of benzene rings is 2. The maximum atomic E-state index is 12.2. The number of esters is 1. The lowest BCUT2D eigenvalue weighted by Gasteiger charge is -2.18. The summed E-state index contributed by atoms with van der Waals surface area (Å²) in [5, 5.41) is 11.5. The molecule has 7 nitrogen and oxygen atoms in total. The minimum atomic E-state index is -0.994. The first-order valence-corrected chi connectivity index (χ1v) is 8.84. The summed E-state index contributed by atoms with van der Waals surface area (Å²) in [6.07, 6.45) is -1.90. The van der Waals surface area contributed by atoms with Crippen molar-refractivity contribution in [2.75, 3.05) is 11.9 Å². The number of nitrogens with one attached hydrogen (secondary N) is 1. The summed E-state index contributed by atoms with van der Waals surface area (Å²) in [6, 6.07) is 15.2. The molecule has 0 aromatic heterocycles. The molecule has 7 heteroatoms. The van der Waals surface area contributed by atoms with Crippen LogP contribution in [0.3, 0.4) is 0 Å². The van der Waals surface area contributed by atoms with E-state index in [0.717, 1.165) is 0 Å². The molecule has 2 aromatic carbocycles. The first-order chi connectivity index (χ1) is 13.4. The molecule has 0 bridgehead atoms. The normalized spacial score (nSPS) is 12.2. The van der Waals surface area contributed by atoms with Crippen molar-refractivity contribution in [2.24, 2.45) is 0 Å². The highest BCUT2D eigenvalue weighted by Gasteiger charge is 2.23. The van der Waals surface area contributed by atoms with Gasteiger partial charge < -0.3 is 19.5 Å². The second kappa shape index (κ2) is 9.97. The average Bonchev–Trinajstić information content (AvgIpc) is 2.70. The fourth-order valence-corrected chi connectivity index (χ4v) is 2.23. The smallest absolute Gasteiger partial charge is 0.347 e. The predicted octanol–water partition coefficient (Wildman–Crippen LogP) is 3.29. The SMILES string of the molecule is CCOc1ccc(NC(=O)[C@@H](C)OC(=O)[C@@H](C)Oc2ccc(C#N)cc2)cc1. The van der Waals surface area contributed by atoms with Crippen LogP contribution in [-0.2, 0) is 14.3 Å². The number of hydrogen-bond acceptors (Lipinski definition) is 6. The fourth-order valence-electron chi connectivity index (χ4n) is 2.23. The van der Waals surface area contributed by atoms with Crippen molar-refractivity contribution in [2.45, 2.75) is 33.0 Å². The van der Waals surface area contributed by atoms with Gasteiger partial charge in [-0.05, 0) is 69.3 Å². The van der Waals surface area contributed by atoms with Crippen molar-refractivity contribution in [1.29, 1.82) is 5.26 Å². The van der Waals surface area contributed by atoms with E-state index in [9.17, 15) is 9.59 Å². The minimum Gasteiger partial charge on any atom is -0.494 e. The zero-order valence-electron chi connectivity index (χ0n) is 16.0. The molecule has 146 valence electrons. The molecule has 0 unspecified atom stereocenters. The van der Waals surface area contributed by atoms with E-state index in [1.807, 2.05) is 13.0 Å². The van der Waals surface area contributed by atoms with Crippen molar-refractivity contribution in [1.82, 2.24) is 0 Å². The summed E-state index contributed by atoms with van der Waals surface area (Å²) in [5.41, 5.74) is 1.06. The Hall–Kier alpha value is -3.53. The molecule has 0 saturated carbocycles. The van der Waals surface area contributed by atoms with Crippen LogP contribution in [0.4, 0.5) is 5.69 Å². The van der Waals surface area contributed by atoms with Crippen molar-refractivity contribution in [3.05, 3.63) is 54.1 Å². The molecule has 0 saturated heterocycles. The van der Waals surface area contributed by atoms with Crippen LogP contribution in [0.2, 0.25) is 0 Å². The van der Waals surface area contributed by atoms with E-state index in [2.05, 4.69) is 5.32 Å². The Morgan fingerprint density at radius 2 is 1.61 bits per heavy atom. The van der Waals surface area contributed by atoms with Gasteiger partial charge in [-0.15, -0.1) is 0 Å². The van der Waals surface area contributed by atoms with Gasteiger partial charge in [0.25, 0.3) is 5.91 Å². The van der Waals surface area contributed by atoms with E-state index in [0.29, 0.717) is 29.4 Å². The molecule has 28 heavy (non-hydrogen) atoms. The first kappa shape index (κ1) is 20.8. The molecule has 1 N–H and O–H groups in total. The Morgan fingerprint density at radius 3 is 2.18 bits per heavy atom. The van der Waals surface area contributed by atoms with Gasteiger partial charge in [0.05, 0.1) is 18.2 Å². The van der Waals surface area contributed by atoms with Gasteiger partial charge in [0.2, 0.25) is 0 Å². The summed E-state index contributed by atoms with van der Waals surface area (Å²) in [7, 11) is 0. The molecule has 0 aliphatic carbocycles. The number of carbonyl (C=O) groups excluding carboxylic acids is 2. The summed E-state index contributed by atoms with van der Waals surface area (Å²) in [6.45, 7) is 5.45. The zero-order valence-corrected chi connectivity index (χ0v) is 16.0. The Labute approximate surface area is 163 Å². The molecular formula is C21H22N2O5. The van der Waals surface area contributed by atoms with Gasteiger partial charge >= 0.3 is 5.97 Å². The van der Waals surface area contributed by atoms with Crippen LogP contribution >= 0.6 is 0 Å². The van der Waals surface area contributed by atoms with Gasteiger partial charge in [-0.25, -0.2) is 4.79 Å². The number of anilines is 1. The highest BCUT2D eigenvalue weighted by atomic mass is 16.6. The molecule has 0 fully saturated rings. The van der Waals surface area contributed by atoms with Crippen LogP contribution in [0.5, 0.6) is 11.5 Å². The molecule has 0 aliphatic heterocycles. The zero-order chi connectivity index (χ0) is 20.5. The number of nitrogens with zero attached hydrogens (tertiary/aromatic N) is 1. The van der Waals surface area contributed by atoms with Crippen LogP contribution in [0.1, 0.15) is 26.3 Å². The predicted molar refractivity (Wildman–Crippen MR) is 103 cm³/mol. The van der Waals surface area contributed by atoms with Crippen molar-refractivity contribution < 1.29 is 23.8 Å². The lowest BCUT2D eigenvalue weighted by molar-refractivity contribution is -0.159. The first-order valence-electron chi connectivity index (χ1n) is 8.84. The van der Waals surface area contributed by atoms with Gasteiger partial charge in [-0.3, -0.25) is 4.79 Å². The van der Waals surface area contributed by atoms with Crippen LogP contribution in [0, 0.1) is 11.3 Å². The molecule has 0 spiro atoms. The van der Waals surface area contributed by atoms with Gasteiger partial charge in [-0.2, -0.15) is 5.26 Å². The van der Waals surface area contributed by atoms with Crippen molar-refractivity contribution in [3.63, 3.8) is 0 Å². The third kappa shape index (κ3) is 6.02. The molecule has 2 aromatic rings. The van der Waals surface area contributed by atoms with E-state index in [-0.39, 0.29) is 0 Å². The minimum absolute atomic E-state index is 0.426. The topological polar surface area (TPSA) is 97.7 Å². The van der Waals surface area contributed by atoms with E-state index in [1.165, 1.54) is 13.8 Å². The summed E-state index contributed by atoms with van der Waals surface area (Å²) < 4.78 is 16.0. The molecule has 1 amide bonds. The molecule has 0 aliphatic rings. The second-order valence-corrected chi connectivity index (χ2v) is 5.92. The largest absolute Gasteiger partial charge is 0.494 e. The van der Waals surface area contributed by atoms with Crippen LogP contribution in [0.15, 0.2) is 48.5 Å². The quantitative estimate of drug-likeness (QED) is 0.704.